The van der Waals surface area contributed by atoms with Crippen LogP contribution in [0, 0.1) is 0 Å². The molecule has 1 amide bonds. The van der Waals surface area contributed by atoms with E-state index in [0.717, 1.165) is 0 Å². The number of carbonyl (C=O) groups excluding carboxylic acids is 1. The number of hydrogen-bond donors (Lipinski definition) is 4. The number of phenolic OH excluding ortho intramolecular Hbond substituents is 2. The van der Waals surface area contributed by atoms with E-state index in [1.807, 2.05) is 0 Å². The Kier molecular flexibility index (Phi) is 3.80. The van der Waals surface area contributed by atoms with Crippen molar-refractivity contribution in [1.82, 2.24) is 5.32 Å². The van der Waals surface area contributed by atoms with Crippen LogP contribution in [0.1, 0.15) is 30.6 Å². The van der Waals surface area contributed by atoms with Gasteiger partial charge >= 0.3 is 5.97 Å². The van der Waals surface area contributed by atoms with Crippen LogP contribution in [0.3, 0.4) is 0 Å². The van der Waals surface area contributed by atoms with E-state index >= 15 is 0 Å². The molecule has 98 valence electrons. The number of phenols is 2. The van der Waals surface area contributed by atoms with Gasteiger partial charge in [0.2, 0.25) is 0 Å². The van der Waals surface area contributed by atoms with Gasteiger partial charge in [0, 0.05) is 0 Å². The van der Waals surface area contributed by atoms with Gasteiger partial charge in [-0.1, -0.05) is 13.0 Å². The molecule has 0 fully saturated rings. The predicted molar refractivity (Wildman–Crippen MR) is 63.6 cm³/mol. The molecule has 0 aliphatic carbocycles. The highest BCUT2D eigenvalue weighted by molar-refractivity contribution is 6.01. The summed E-state index contributed by atoms with van der Waals surface area (Å²) in [6.45, 7) is 2.96. The number of nitrogens with one attached hydrogen (secondary N) is 1. The van der Waals surface area contributed by atoms with Crippen LogP contribution in [0.4, 0.5) is 0 Å². The molecular formula is C12H15NO5. The molecule has 1 unspecified atom stereocenters. The smallest absolute Gasteiger partial charge is 0.329 e. The van der Waals surface area contributed by atoms with Crippen molar-refractivity contribution in [1.29, 1.82) is 0 Å². The van der Waals surface area contributed by atoms with Gasteiger partial charge in [-0.3, -0.25) is 4.79 Å². The number of hydrogen-bond acceptors (Lipinski definition) is 4. The molecule has 1 rings (SSSR count). The Balaban J connectivity index is 3.06. The molecular weight excluding hydrogens is 238 g/mol. The highest BCUT2D eigenvalue weighted by Crippen LogP contribution is 2.26. The fourth-order valence-electron chi connectivity index (χ4n) is 1.37. The minimum atomic E-state index is -1.45. The van der Waals surface area contributed by atoms with Gasteiger partial charge in [-0.25, -0.2) is 4.79 Å². The Morgan fingerprint density at radius 3 is 2.17 bits per heavy atom. The summed E-state index contributed by atoms with van der Waals surface area (Å²) in [5.41, 5.74) is -1.79. The molecule has 0 bridgehead atoms. The first-order chi connectivity index (χ1) is 8.31. The van der Waals surface area contributed by atoms with Crippen molar-refractivity contribution in [2.45, 2.75) is 25.8 Å². The quantitative estimate of drug-likeness (QED) is 0.642. The third kappa shape index (κ3) is 2.53. The van der Waals surface area contributed by atoms with Crippen LogP contribution < -0.4 is 5.32 Å². The van der Waals surface area contributed by atoms with Gasteiger partial charge in [-0.05, 0) is 25.5 Å². The maximum absolute atomic E-state index is 11.9. The molecule has 0 saturated heterocycles. The van der Waals surface area contributed by atoms with Crippen LogP contribution >= 0.6 is 0 Å². The summed E-state index contributed by atoms with van der Waals surface area (Å²) < 4.78 is 0. The zero-order valence-electron chi connectivity index (χ0n) is 10.1. The number of carbonyl (C=O) groups is 2. The van der Waals surface area contributed by atoms with Crippen molar-refractivity contribution in [2.75, 3.05) is 0 Å². The van der Waals surface area contributed by atoms with Gasteiger partial charge < -0.3 is 20.6 Å². The summed E-state index contributed by atoms with van der Waals surface area (Å²) in [5, 5.41) is 30.3. The highest BCUT2D eigenvalue weighted by atomic mass is 16.4. The van der Waals surface area contributed by atoms with Crippen molar-refractivity contribution >= 4 is 11.9 Å². The fourth-order valence-corrected chi connectivity index (χ4v) is 1.37. The second kappa shape index (κ2) is 4.95. The van der Waals surface area contributed by atoms with Crippen LogP contribution in [-0.2, 0) is 4.79 Å². The maximum Gasteiger partial charge on any atom is 0.329 e. The SMILES string of the molecule is CCC(C)(NC(=O)c1c(O)cccc1O)C(=O)O. The first-order valence-corrected chi connectivity index (χ1v) is 5.38. The number of amides is 1. The Morgan fingerprint density at radius 1 is 1.28 bits per heavy atom. The molecule has 0 heterocycles. The molecule has 1 aromatic carbocycles. The van der Waals surface area contributed by atoms with E-state index in [0.29, 0.717) is 0 Å². The monoisotopic (exact) mass is 253 g/mol. The van der Waals surface area contributed by atoms with E-state index in [-0.39, 0.29) is 12.0 Å². The van der Waals surface area contributed by atoms with E-state index < -0.39 is 28.9 Å². The van der Waals surface area contributed by atoms with Gasteiger partial charge in [-0.2, -0.15) is 0 Å². The number of benzene rings is 1. The lowest BCUT2D eigenvalue weighted by molar-refractivity contribution is -0.143. The van der Waals surface area contributed by atoms with Crippen LogP contribution in [0.15, 0.2) is 18.2 Å². The lowest BCUT2D eigenvalue weighted by atomic mass is 9.98. The molecule has 6 nitrogen and oxygen atoms in total. The first-order valence-electron chi connectivity index (χ1n) is 5.38. The first kappa shape index (κ1) is 13.8. The largest absolute Gasteiger partial charge is 0.507 e. The number of aromatic hydroxyl groups is 2. The topological polar surface area (TPSA) is 107 Å². The Hall–Kier alpha value is -2.24. The van der Waals surface area contributed by atoms with E-state index in [4.69, 9.17) is 5.11 Å². The van der Waals surface area contributed by atoms with Gasteiger partial charge in [0.1, 0.15) is 22.6 Å². The Morgan fingerprint density at radius 2 is 1.78 bits per heavy atom. The molecule has 0 aromatic heterocycles. The maximum atomic E-state index is 11.9. The standard InChI is InChI=1S/C12H15NO5/c1-3-12(2,11(17)18)13-10(16)9-7(14)5-4-6-8(9)15/h4-6,14-15H,3H2,1-2H3,(H,13,16)(H,17,18). The summed E-state index contributed by atoms with van der Waals surface area (Å²) >= 11 is 0. The highest BCUT2D eigenvalue weighted by Gasteiger charge is 2.34. The second-order valence-electron chi connectivity index (χ2n) is 4.12. The lowest BCUT2D eigenvalue weighted by Gasteiger charge is -2.24. The third-order valence-corrected chi connectivity index (χ3v) is 2.82. The molecule has 18 heavy (non-hydrogen) atoms. The molecule has 0 aliphatic rings. The summed E-state index contributed by atoms with van der Waals surface area (Å²) in [5.74, 6) is -2.83. The zero-order chi connectivity index (χ0) is 13.9. The molecule has 4 N–H and O–H groups in total. The van der Waals surface area contributed by atoms with Gasteiger partial charge in [0.15, 0.2) is 0 Å². The average Bonchev–Trinajstić information content (AvgIpc) is 2.28. The summed E-state index contributed by atoms with van der Waals surface area (Å²) in [4.78, 5) is 22.9. The molecule has 1 aromatic rings. The van der Waals surface area contributed by atoms with E-state index in [9.17, 15) is 19.8 Å². The molecule has 6 heteroatoms. The molecule has 0 aliphatic heterocycles. The van der Waals surface area contributed by atoms with E-state index in [2.05, 4.69) is 5.32 Å². The number of aliphatic carboxylic acids is 1. The lowest BCUT2D eigenvalue weighted by Crippen LogP contribution is -2.51. The van der Waals surface area contributed by atoms with E-state index in [1.54, 1.807) is 6.92 Å². The molecule has 1 atom stereocenters. The average molecular weight is 253 g/mol. The normalized spacial score (nSPS) is 13.7. The molecule has 0 radical (unpaired) electrons. The van der Waals surface area contributed by atoms with Crippen LogP contribution in [0.5, 0.6) is 11.5 Å². The second-order valence-corrected chi connectivity index (χ2v) is 4.12. The predicted octanol–water partition coefficient (Wildman–Crippen LogP) is 1.08. The molecule has 0 saturated carbocycles. The minimum absolute atomic E-state index is 0.169. The van der Waals surface area contributed by atoms with Gasteiger partial charge in [0.25, 0.3) is 5.91 Å². The fraction of sp³-hybridized carbons (Fsp3) is 0.333. The van der Waals surface area contributed by atoms with Gasteiger partial charge in [-0.15, -0.1) is 0 Å². The summed E-state index contributed by atoms with van der Waals surface area (Å²) in [6.07, 6.45) is 0.169. The number of rotatable bonds is 4. The van der Waals surface area contributed by atoms with Crippen molar-refractivity contribution in [3.8, 4) is 11.5 Å². The minimum Gasteiger partial charge on any atom is -0.507 e. The van der Waals surface area contributed by atoms with E-state index in [1.165, 1.54) is 25.1 Å². The van der Waals surface area contributed by atoms with Crippen molar-refractivity contribution in [3.63, 3.8) is 0 Å². The molecule has 0 spiro atoms. The summed E-state index contributed by atoms with van der Waals surface area (Å²) in [7, 11) is 0. The van der Waals surface area contributed by atoms with Crippen molar-refractivity contribution in [3.05, 3.63) is 23.8 Å². The summed E-state index contributed by atoms with van der Waals surface area (Å²) in [6, 6.07) is 3.84. The Bertz CT molecular complexity index is 465. The van der Waals surface area contributed by atoms with Crippen LogP contribution in [0.25, 0.3) is 0 Å². The van der Waals surface area contributed by atoms with Crippen LogP contribution in [0.2, 0.25) is 0 Å². The Labute approximate surface area is 104 Å². The number of carboxylic acids is 1. The third-order valence-electron chi connectivity index (χ3n) is 2.82. The van der Waals surface area contributed by atoms with Gasteiger partial charge in [0.05, 0.1) is 0 Å². The van der Waals surface area contributed by atoms with Crippen molar-refractivity contribution in [2.24, 2.45) is 0 Å². The van der Waals surface area contributed by atoms with Crippen LogP contribution in [-0.4, -0.2) is 32.7 Å². The van der Waals surface area contributed by atoms with Crippen molar-refractivity contribution < 1.29 is 24.9 Å². The zero-order valence-corrected chi connectivity index (χ0v) is 10.1. The number of carboxylic acid groups (broad SMARTS) is 1.